The monoisotopic (exact) mass is 224 g/mol. The first kappa shape index (κ1) is 12.4. The summed E-state index contributed by atoms with van der Waals surface area (Å²) in [5, 5.41) is 3.68. The van der Waals surface area contributed by atoms with Crippen molar-refractivity contribution in [2.24, 2.45) is 11.8 Å². The van der Waals surface area contributed by atoms with Gasteiger partial charge in [-0.1, -0.05) is 19.8 Å². The zero-order valence-electron chi connectivity index (χ0n) is 11.0. The average Bonchev–Trinajstić information content (AvgIpc) is 2.24. The fraction of sp³-hybridized carbons (Fsp3) is 1.00. The Labute approximate surface area is 101 Å². The van der Waals surface area contributed by atoms with Gasteiger partial charge in [0.1, 0.15) is 0 Å². The molecule has 0 aromatic carbocycles. The van der Waals surface area contributed by atoms with Gasteiger partial charge in [-0.15, -0.1) is 0 Å². The molecule has 2 heteroatoms. The van der Waals surface area contributed by atoms with Gasteiger partial charge >= 0.3 is 0 Å². The molecule has 1 saturated carbocycles. The Morgan fingerprint density at radius 2 is 1.94 bits per heavy atom. The molecular formula is C14H28N2. The van der Waals surface area contributed by atoms with Crippen LogP contribution in [0.15, 0.2) is 0 Å². The Morgan fingerprint density at radius 3 is 2.56 bits per heavy atom. The van der Waals surface area contributed by atoms with Gasteiger partial charge in [-0.25, -0.2) is 0 Å². The smallest absolute Gasteiger partial charge is 0.0197 e. The summed E-state index contributed by atoms with van der Waals surface area (Å²) < 4.78 is 0. The largest absolute Gasteiger partial charge is 0.313 e. The summed E-state index contributed by atoms with van der Waals surface area (Å²) >= 11 is 0. The Balaban J connectivity index is 1.66. The third-order valence-electron chi connectivity index (χ3n) is 4.51. The van der Waals surface area contributed by atoms with E-state index in [0.29, 0.717) is 0 Å². The number of piperidine rings is 1. The van der Waals surface area contributed by atoms with E-state index in [1.165, 1.54) is 58.2 Å². The van der Waals surface area contributed by atoms with Crippen molar-refractivity contribution in [2.45, 2.75) is 51.5 Å². The van der Waals surface area contributed by atoms with Crippen LogP contribution in [0.3, 0.4) is 0 Å². The predicted octanol–water partition coefficient (Wildman–Crippen LogP) is 2.50. The first-order valence-corrected chi connectivity index (χ1v) is 7.19. The summed E-state index contributed by atoms with van der Waals surface area (Å²) in [5.74, 6) is 1.99. The van der Waals surface area contributed by atoms with E-state index >= 15 is 0 Å². The van der Waals surface area contributed by atoms with E-state index in [-0.39, 0.29) is 0 Å². The third kappa shape index (κ3) is 3.46. The van der Waals surface area contributed by atoms with E-state index in [1.807, 2.05) is 0 Å². The Bertz CT molecular complexity index is 201. The van der Waals surface area contributed by atoms with Gasteiger partial charge < -0.3 is 10.2 Å². The van der Waals surface area contributed by atoms with Crippen LogP contribution in [0.2, 0.25) is 0 Å². The minimum Gasteiger partial charge on any atom is -0.313 e. The van der Waals surface area contributed by atoms with E-state index < -0.39 is 0 Å². The summed E-state index contributed by atoms with van der Waals surface area (Å²) in [4.78, 5) is 2.56. The van der Waals surface area contributed by atoms with Crippen LogP contribution >= 0.6 is 0 Å². The fourth-order valence-electron chi connectivity index (χ4n) is 3.17. The second-order valence-corrected chi connectivity index (χ2v) is 5.97. The summed E-state index contributed by atoms with van der Waals surface area (Å²) in [7, 11) is 2.30. The molecule has 94 valence electrons. The van der Waals surface area contributed by atoms with Crippen LogP contribution in [0.5, 0.6) is 0 Å². The van der Waals surface area contributed by atoms with Crippen LogP contribution in [0.1, 0.15) is 45.4 Å². The molecule has 1 saturated heterocycles. The van der Waals surface area contributed by atoms with Crippen LogP contribution in [0.25, 0.3) is 0 Å². The van der Waals surface area contributed by atoms with Gasteiger partial charge in [0.05, 0.1) is 0 Å². The molecule has 1 aliphatic heterocycles. The highest BCUT2D eigenvalue weighted by Gasteiger charge is 2.23. The van der Waals surface area contributed by atoms with E-state index in [9.17, 15) is 0 Å². The molecule has 2 atom stereocenters. The van der Waals surface area contributed by atoms with Gasteiger partial charge in [0.25, 0.3) is 0 Å². The molecule has 0 aromatic rings. The lowest BCUT2D eigenvalue weighted by Crippen LogP contribution is -2.46. The number of nitrogens with zero attached hydrogens (tertiary/aromatic N) is 1. The van der Waals surface area contributed by atoms with Crippen LogP contribution in [0, 0.1) is 11.8 Å². The number of hydrogen-bond acceptors (Lipinski definition) is 2. The lowest BCUT2D eigenvalue weighted by molar-refractivity contribution is 0.172. The second-order valence-electron chi connectivity index (χ2n) is 5.97. The lowest BCUT2D eigenvalue weighted by atomic mass is 9.85. The molecule has 0 spiro atoms. The van der Waals surface area contributed by atoms with Gasteiger partial charge in [-0.05, 0) is 51.1 Å². The average molecular weight is 224 g/mol. The van der Waals surface area contributed by atoms with Crippen LogP contribution < -0.4 is 5.32 Å². The van der Waals surface area contributed by atoms with Gasteiger partial charge in [-0.3, -0.25) is 0 Å². The van der Waals surface area contributed by atoms with Crippen LogP contribution in [-0.4, -0.2) is 37.6 Å². The second kappa shape index (κ2) is 6.02. The zero-order chi connectivity index (χ0) is 11.4. The normalized spacial score (nSPS) is 31.7. The highest BCUT2D eigenvalue weighted by Crippen LogP contribution is 2.27. The minimum absolute atomic E-state index is 0.753. The van der Waals surface area contributed by atoms with Gasteiger partial charge in [-0.2, -0.15) is 0 Å². The number of hydrogen-bond donors (Lipinski definition) is 1. The Hall–Kier alpha value is -0.0800. The van der Waals surface area contributed by atoms with Crippen molar-refractivity contribution in [3.8, 4) is 0 Å². The lowest BCUT2D eigenvalue weighted by Gasteiger charge is -2.35. The molecule has 2 fully saturated rings. The molecule has 2 nitrogen and oxygen atoms in total. The quantitative estimate of drug-likeness (QED) is 0.772. The molecule has 0 aromatic heterocycles. The third-order valence-corrected chi connectivity index (χ3v) is 4.51. The van der Waals surface area contributed by atoms with Crippen molar-refractivity contribution >= 4 is 0 Å². The van der Waals surface area contributed by atoms with E-state index in [2.05, 4.69) is 24.2 Å². The fourth-order valence-corrected chi connectivity index (χ4v) is 3.17. The van der Waals surface area contributed by atoms with Gasteiger partial charge in [0.15, 0.2) is 0 Å². The number of rotatable bonds is 5. The van der Waals surface area contributed by atoms with Crippen molar-refractivity contribution in [3.63, 3.8) is 0 Å². The van der Waals surface area contributed by atoms with Gasteiger partial charge in [0.2, 0.25) is 0 Å². The summed E-state index contributed by atoms with van der Waals surface area (Å²) in [6.07, 6.45) is 8.56. The zero-order valence-corrected chi connectivity index (χ0v) is 11.0. The van der Waals surface area contributed by atoms with E-state index in [4.69, 9.17) is 0 Å². The van der Waals surface area contributed by atoms with Crippen molar-refractivity contribution in [1.29, 1.82) is 0 Å². The first-order valence-electron chi connectivity index (χ1n) is 7.19. The Kier molecular flexibility index (Phi) is 4.66. The SMILES string of the molecule is CCC1CCNC(CN(C)CC2CCC2)C1. The molecule has 1 N–H and O–H groups in total. The van der Waals surface area contributed by atoms with Crippen molar-refractivity contribution in [2.75, 3.05) is 26.7 Å². The minimum atomic E-state index is 0.753. The molecule has 0 amide bonds. The first-order chi connectivity index (χ1) is 7.78. The van der Waals surface area contributed by atoms with Crippen LogP contribution in [-0.2, 0) is 0 Å². The van der Waals surface area contributed by atoms with E-state index in [1.54, 1.807) is 0 Å². The molecule has 2 rings (SSSR count). The molecule has 0 radical (unpaired) electrons. The molecule has 1 aliphatic carbocycles. The molecule has 2 unspecified atom stereocenters. The van der Waals surface area contributed by atoms with Crippen LogP contribution in [0.4, 0.5) is 0 Å². The summed E-state index contributed by atoms with van der Waals surface area (Å²) in [5.41, 5.74) is 0. The predicted molar refractivity (Wildman–Crippen MR) is 69.6 cm³/mol. The number of likely N-dealkylation sites (N-methyl/N-ethyl adjacent to an activating group) is 1. The standard InChI is InChI=1S/C14H28N2/c1-3-12-7-8-15-14(9-12)11-16(2)10-13-5-4-6-13/h12-15H,3-11H2,1-2H3. The molecule has 2 aliphatic rings. The van der Waals surface area contributed by atoms with Gasteiger partial charge in [0, 0.05) is 19.1 Å². The topological polar surface area (TPSA) is 15.3 Å². The van der Waals surface area contributed by atoms with Crippen molar-refractivity contribution in [1.82, 2.24) is 10.2 Å². The molecule has 1 heterocycles. The van der Waals surface area contributed by atoms with E-state index in [0.717, 1.165) is 17.9 Å². The highest BCUT2D eigenvalue weighted by atomic mass is 15.1. The molecule has 16 heavy (non-hydrogen) atoms. The Morgan fingerprint density at radius 1 is 1.12 bits per heavy atom. The maximum absolute atomic E-state index is 3.68. The maximum Gasteiger partial charge on any atom is 0.0197 e. The van der Waals surface area contributed by atoms with Crippen molar-refractivity contribution in [3.05, 3.63) is 0 Å². The molecular weight excluding hydrogens is 196 g/mol. The summed E-state index contributed by atoms with van der Waals surface area (Å²) in [6, 6.07) is 0.753. The van der Waals surface area contributed by atoms with Crippen molar-refractivity contribution < 1.29 is 0 Å². The summed E-state index contributed by atoms with van der Waals surface area (Å²) in [6.45, 7) is 6.16. The highest BCUT2D eigenvalue weighted by molar-refractivity contribution is 4.81. The number of nitrogens with one attached hydrogen (secondary N) is 1. The molecule has 0 bridgehead atoms. The maximum atomic E-state index is 3.68.